The number of amides is 3. The van der Waals surface area contributed by atoms with Crippen molar-refractivity contribution in [3.05, 3.63) is 11.5 Å². The minimum absolute atomic E-state index is 0.0493. The van der Waals surface area contributed by atoms with Crippen molar-refractivity contribution in [2.24, 2.45) is 0 Å². The lowest BCUT2D eigenvalue weighted by atomic mass is 10.2. The van der Waals surface area contributed by atoms with Crippen LogP contribution in [0.2, 0.25) is 0 Å². The SMILES string of the molecule is Cc1noc(C)c1NC(=O)N1CCN(C(=O)[C@@H]2CCCO2)CC1. The lowest BCUT2D eigenvalue weighted by molar-refractivity contribution is -0.142. The van der Waals surface area contributed by atoms with Crippen LogP contribution in [0.5, 0.6) is 0 Å². The number of urea groups is 1. The van der Waals surface area contributed by atoms with E-state index < -0.39 is 0 Å². The van der Waals surface area contributed by atoms with E-state index in [1.165, 1.54) is 0 Å². The second-order valence-corrected chi connectivity index (χ2v) is 5.94. The fraction of sp³-hybridized carbons (Fsp3) is 0.667. The molecular weight excluding hydrogens is 300 g/mol. The zero-order valence-electron chi connectivity index (χ0n) is 13.5. The van der Waals surface area contributed by atoms with Crippen LogP contribution in [0.25, 0.3) is 0 Å². The van der Waals surface area contributed by atoms with Gasteiger partial charge in [-0.3, -0.25) is 4.79 Å². The third-order valence-electron chi connectivity index (χ3n) is 4.35. The fourth-order valence-electron chi connectivity index (χ4n) is 2.95. The second-order valence-electron chi connectivity index (χ2n) is 5.94. The Hall–Kier alpha value is -2.09. The van der Waals surface area contributed by atoms with Gasteiger partial charge in [0.15, 0.2) is 5.76 Å². The summed E-state index contributed by atoms with van der Waals surface area (Å²) >= 11 is 0. The zero-order chi connectivity index (χ0) is 16.4. The summed E-state index contributed by atoms with van der Waals surface area (Å²) in [6.07, 6.45) is 1.44. The minimum Gasteiger partial charge on any atom is -0.368 e. The lowest BCUT2D eigenvalue weighted by Gasteiger charge is -2.35. The Kier molecular flexibility index (Phi) is 4.51. The average molecular weight is 322 g/mol. The molecule has 126 valence electrons. The molecule has 3 heterocycles. The van der Waals surface area contributed by atoms with Gasteiger partial charge in [0, 0.05) is 32.8 Å². The Morgan fingerprint density at radius 2 is 1.87 bits per heavy atom. The third-order valence-corrected chi connectivity index (χ3v) is 4.35. The van der Waals surface area contributed by atoms with E-state index in [-0.39, 0.29) is 18.0 Å². The number of hydrogen-bond donors (Lipinski definition) is 1. The molecule has 2 aliphatic rings. The van der Waals surface area contributed by atoms with Crippen molar-refractivity contribution in [2.75, 3.05) is 38.1 Å². The van der Waals surface area contributed by atoms with E-state index in [0.29, 0.717) is 49.9 Å². The molecule has 1 aromatic heterocycles. The number of carbonyl (C=O) groups is 2. The molecule has 2 saturated heterocycles. The van der Waals surface area contributed by atoms with Crippen LogP contribution in [0.3, 0.4) is 0 Å². The number of hydrogen-bond acceptors (Lipinski definition) is 5. The molecule has 0 unspecified atom stereocenters. The van der Waals surface area contributed by atoms with Crippen molar-refractivity contribution in [2.45, 2.75) is 32.8 Å². The van der Waals surface area contributed by atoms with Crippen molar-refractivity contribution in [3.8, 4) is 0 Å². The predicted molar refractivity (Wildman–Crippen MR) is 82.1 cm³/mol. The van der Waals surface area contributed by atoms with Crippen LogP contribution < -0.4 is 5.32 Å². The summed E-state index contributed by atoms with van der Waals surface area (Å²) in [6.45, 7) is 6.29. The van der Waals surface area contributed by atoms with Crippen LogP contribution in [0, 0.1) is 13.8 Å². The quantitative estimate of drug-likeness (QED) is 0.882. The highest BCUT2D eigenvalue weighted by molar-refractivity contribution is 5.90. The number of piperazine rings is 1. The molecule has 1 atom stereocenters. The number of rotatable bonds is 2. The monoisotopic (exact) mass is 322 g/mol. The molecule has 8 heteroatoms. The molecule has 0 spiro atoms. The van der Waals surface area contributed by atoms with Gasteiger partial charge in [-0.1, -0.05) is 5.16 Å². The van der Waals surface area contributed by atoms with Gasteiger partial charge in [-0.05, 0) is 26.7 Å². The molecule has 0 radical (unpaired) electrons. The lowest BCUT2D eigenvalue weighted by Crippen LogP contribution is -2.53. The summed E-state index contributed by atoms with van der Waals surface area (Å²) in [5.41, 5.74) is 1.27. The predicted octanol–water partition coefficient (Wildman–Crippen LogP) is 1.15. The molecule has 1 N–H and O–H groups in total. The summed E-state index contributed by atoms with van der Waals surface area (Å²) in [4.78, 5) is 28.1. The highest BCUT2D eigenvalue weighted by Crippen LogP contribution is 2.20. The van der Waals surface area contributed by atoms with Crippen molar-refractivity contribution in [1.82, 2.24) is 15.0 Å². The smallest absolute Gasteiger partial charge is 0.322 e. The second kappa shape index (κ2) is 6.57. The van der Waals surface area contributed by atoms with E-state index in [4.69, 9.17) is 9.26 Å². The molecule has 0 aromatic carbocycles. The third kappa shape index (κ3) is 3.31. The van der Waals surface area contributed by atoms with E-state index in [1.54, 1.807) is 23.6 Å². The van der Waals surface area contributed by atoms with Crippen LogP contribution in [-0.2, 0) is 9.53 Å². The highest BCUT2D eigenvalue weighted by Gasteiger charge is 2.31. The number of anilines is 1. The van der Waals surface area contributed by atoms with Gasteiger partial charge in [0.25, 0.3) is 5.91 Å². The van der Waals surface area contributed by atoms with E-state index in [1.807, 2.05) is 0 Å². The number of nitrogens with zero attached hydrogens (tertiary/aromatic N) is 3. The minimum atomic E-state index is -0.294. The van der Waals surface area contributed by atoms with Crippen molar-refractivity contribution >= 4 is 17.6 Å². The van der Waals surface area contributed by atoms with Crippen molar-refractivity contribution in [3.63, 3.8) is 0 Å². The number of carbonyl (C=O) groups excluding carboxylic acids is 2. The molecule has 2 aliphatic heterocycles. The topological polar surface area (TPSA) is 87.9 Å². The first-order chi connectivity index (χ1) is 11.1. The van der Waals surface area contributed by atoms with Gasteiger partial charge in [0.05, 0.1) is 0 Å². The normalized spacial score (nSPS) is 21.6. The maximum absolute atomic E-state index is 12.3. The van der Waals surface area contributed by atoms with Crippen LogP contribution >= 0.6 is 0 Å². The fourth-order valence-corrected chi connectivity index (χ4v) is 2.95. The Balaban J connectivity index is 1.52. The zero-order valence-corrected chi connectivity index (χ0v) is 13.5. The molecule has 2 fully saturated rings. The first kappa shape index (κ1) is 15.8. The summed E-state index contributed by atoms with van der Waals surface area (Å²) in [5.74, 6) is 0.635. The molecule has 3 amide bonds. The average Bonchev–Trinajstić information content (AvgIpc) is 3.20. The van der Waals surface area contributed by atoms with Gasteiger partial charge < -0.3 is 24.4 Å². The Labute approximate surface area is 134 Å². The van der Waals surface area contributed by atoms with Crippen LogP contribution in [0.15, 0.2) is 4.52 Å². The molecule has 3 rings (SSSR count). The van der Waals surface area contributed by atoms with E-state index >= 15 is 0 Å². The summed E-state index contributed by atoms with van der Waals surface area (Å²) in [5, 5.41) is 6.65. The first-order valence-electron chi connectivity index (χ1n) is 7.95. The van der Waals surface area contributed by atoms with Crippen molar-refractivity contribution in [1.29, 1.82) is 0 Å². The number of aromatic nitrogens is 1. The molecule has 8 nitrogen and oxygen atoms in total. The largest absolute Gasteiger partial charge is 0.368 e. The van der Waals surface area contributed by atoms with Gasteiger partial charge in [0.1, 0.15) is 17.5 Å². The number of nitrogens with one attached hydrogen (secondary N) is 1. The van der Waals surface area contributed by atoms with Crippen molar-refractivity contribution < 1.29 is 18.8 Å². The Morgan fingerprint density at radius 1 is 1.17 bits per heavy atom. The summed E-state index contributed by atoms with van der Waals surface area (Å²) < 4.78 is 10.5. The van der Waals surface area contributed by atoms with Crippen LogP contribution in [0.1, 0.15) is 24.3 Å². The Morgan fingerprint density at radius 3 is 2.43 bits per heavy atom. The molecular formula is C15H22N4O4. The van der Waals surface area contributed by atoms with Gasteiger partial charge in [-0.25, -0.2) is 4.79 Å². The van der Waals surface area contributed by atoms with E-state index in [9.17, 15) is 9.59 Å². The summed E-state index contributed by atoms with van der Waals surface area (Å²) in [6, 6.07) is -0.191. The van der Waals surface area contributed by atoms with Crippen LogP contribution in [0.4, 0.5) is 10.5 Å². The maximum Gasteiger partial charge on any atom is 0.322 e. The first-order valence-corrected chi connectivity index (χ1v) is 7.95. The number of aryl methyl sites for hydroxylation is 2. The van der Waals surface area contributed by atoms with E-state index in [0.717, 1.165) is 12.8 Å². The molecule has 0 saturated carbocycles. The molecule has 1 aromatic rings. The summed E-state index contributed by atoms with van der Waals surface area (Å²) in [7, 11) is 0. The molecule has 0 aliphatic carbocycles. The number of ether oxygens (including phenoxy) is 1. The highest BCUT2D eigenvalue weighted by atomic mass is 16.5. The Bertz CT molecular complexity index is 567. The van der Waals surface area contributed by atoms with Gasteiger partial charge in [-0.15, -0.1) is 0 Å². The van der Waals surface area contributed by atoms with Crippen LogP contribution in [-0.4, -0.2) is 65.8 Å². The van der Waals surface area contributed by atoms with Gasteiger partial charge in [-0.2, -0.15) is 0 Å². The standard InChI is InChI=1S/C15H22N4O4/c1-10-13(11(2)23-17-10)16-15(21)19-7-5-18(6-8-19)14(20)12-4-3-9-22-12/h12H,3-9H2,1-2H3,(H,16,21)/t12-/m0/s1. The van der Waals surface area contributed by atoms with Gasteiger partial charge in [0.2, 0.25) is 0 Å². The maximum atomic E-state index is 12.3. The molecule has 23 heavy (non-hydrogen) atoms. The van der Waals surface area contributed by atoms with Gasteiger partial charge >= 0.3 is 6.03 Å². The van der Waals surface area contributed by atoms with E-state index in [2.05, 4.69) is 10.5 Å². The molecule has 0 bridgehead atoms.